The maximum absolute atomic E-state index is 11.5. The summed E-state index contributed by atoms with van der Waals surface area (Å²) in [6, 6.07) is 4.01. The van der Waals surface area contributed by atoms with Crippen LogP contribution >= 0.6 is 11.6 Å². The average molecular weight is 268 g/mol. The van der Waals surface area contributed by atoms with Crippen LogP contribution in [0.15, 0.2) is 12.1 Å². The smallest absolute Gasteiger partial charge is 0.219 e. The summed E-state index contributed by atoms with van der Waals surface area (Å²) in [5.41, 5.74) is 0.938. The number of carbonyl (C=O) groups is 1. The molecular weight excluding hydrogens is 250 g/mol. The molecule has 1 saturated heterocycles. The van der Waals surface area contributed by atoms with Crippen molar-refractivity contribution in [2.24, 2.45) is 0 Å². The SMILES string of the molecule is CC(=O)N1CCCC[C@@H]1CCc1ccc(Cl)nn1. The van der Waals surface area contributed by atoms with Crippen molar-refractivity contribution in [2.45, 2.75) is 45.1 Å². The van der Waals surface area contributed by atoms with Crippen molar-refractivity contribution in [3.63, 3.8) is 0 Å². The van der Waals surface area contributed by atoms with E-state index in [2.05, 4.69) is 10.2 Å². The van der Waals surface area contributed by atoms with Crippen LogP contribution in [0.5, 0.6) is 0 Å². The number of hydrogen-bond donors (Lipinski definition) is 0. The summed E-state index contributed by atoms with van der Waals surface area (Å²) in [6.07, 6.45) is 5.23. The normalized spacial score (nSPS) is 19.9. The molecule has 2 heterocycles. The third kappa shape index (κ3) is 3.42. The highest BCUT2D eigenvalue weighted by molar-refractivity contribution is 6.29. The molecule has 1 aliphatic rings. The molecule has 0 unspecified atom stereocenters. The van der Waals surface area contributed by atoms with Crippen LogP contribution in [0.25, 0.3) is 0 Å². The number of rotatable bonds is 3. The maximum atomic E-state index is 11.5. The lowest BCUT2D eigenvalue weighted by Crippen LogP contribution is -2.42. The fourth-order valence-electron chi connectivity index (χ4n) is 2.51. The van der Waals surface area contributed by atoms with Crippen LogP contribution in [0.4, 0.5) is 0 Å². The second-order valence-electron chi connectivity index (χ2n) is 4.75. The van der Waals surface area contributed by atoms with Gasteiger partial charge in [0, 0.05) is 19.5 Å². The summed E-state index contributed by atoms with van der Waals surface area (Å²) in [7, 11) is 0. The van der Waals surface area contributed by atoms with Gasteiger partial charge in [-0.1, -0.05) is 11.6 Å². The predicted octanol–water partition coefficient (Wildman–Crippen LogP) is 2.46. The first kappa shape index (κ1) is 13.3. The zero-order valence-electron chi connectivity index (χ0n) is 10.6. The zero-order valence-corrected chi connectivity index (χ0v) is 11.4. The van der Waals surface area contributed by atoms with Gasteiger partial charge in [0.1, 0.15) is 0 Å². The minimum Gasteiger partial charge on any atom is -0.340 e. The number of nitrogens with zero attached hydrogens (tertiary/aromatic N) is 3. The highest BCUT2D eigenvalue weighted by atomic mass is 35.5. The molecule has 18 heavy (non-hydrogen) atoms. The highest BCUT2D eigenvalue weighted by Gasteiger charge is 2.23. The van der Waals surface area contributed by atoms with Gasteiger partial charge in [0.15, 0.2) is 5.15 Å². The molecule has 0 spiro atoms. The lowest BCUT2D eigenvalue weighted by molar-refractivity contribution is -0.132. The molecule has 1 fully saturated rings. The molecule has 1 amide bonds. The number of aryl methyl sites for hydroxylation is 1. The molecule has 1 aromatic heterocycles. The summed E-state index contributed by atoms with van der Waals surface area (Å²) < 4.78 is 0. The number of carbonyl (C=O) groups excluding carboxylic acids is 1. The topological polar surface area (TPSA) is 46.1 Å². The Morgan fingerprint density at radius 3 is 2.94 bits per heavy atom. The standard InChI is InChI=1S/C13H18ClN3O/c1-10(18)17-9-3-2-4-12(17)7-5-11-6-8-13(14)16-15-11/h6,8,12H,2-5,7,9H2,1H3/t12-/m1/s1. The van der Waals surface area contributed by atoms with E-state index < -0.39 is 0 Å². The summed E-state index contributed by atoms with van der Waals surface area (Å²) in [4.78, 5) is 13.5. The van der Waals surface area contributed by atoms with Gasteiger partial charge in [-0.25, -0.2) is 0 Å². The summed E-state index contributed by atoms with van der Waals surface area (Å²) >= 11 is 5.70. The highest BCUT2D eigenvalue weighted by Crippen LogP contribution is 2.21. The predicted molar refractivity (Wildman–Crippen MR) is 70.4 cm³/mol. The first-order chi connectivity index (χ1) is 8.66. The van der Waals surface area contributed by atoms with Crippen LogP contribution in [0, 0.1) is 0 Å². The Morgan fingerprint density at radius 2 is 2.28 bits per heavy atom. The molecule has 0 bridgehead atoms. The molecule has 4 nitrogen and oxygen atoms in total. The van der Waals surface area contributed by atoms with Gasteiger partial charge in [-0.05, 0) is 44.2 Å². The maximum Gasteiger partial charge on any atom is 0.219 e. The van der Waals surface area contributed by atoms with E-state index in [9.17, 15) is 4.79 Å². The first-order valence-electron chi connectivity index (χ1n) is 6.42. The van der Waals surface area contributed by atoms with Crippen LogP contribution in [-0.2, 0) is 11.2 Å². The molecule has 2 rings (SSSR count). The Hall–Kier alpha value is -1.16. The van der Waals surface area contributed by atoms with Gasteiger partial charge in [-0.2, -0.15) is 5.10 Å². The van der Waals surface area contributed by atoms with E-state index in [1.54, 1.807) is 13.0 Å². The Balaban J connectivity index is 1.91. The van der Waals surface area contributed by atoms with Crippen LogP contribution in [-0.4, -0.2) is 33.6 Å². The molecular formula is C13H18ClN3O. The molecule has 1 aromatic rings. The van der Waals surface area contributed by atoms with Gasteiger partial charge in [0.25, 0.3) is 0 Å². The second-order valence-corrected chi connectivity index (χ2v) is 5.14. The Morgan fingerprint density at radius 1 is 1.44 bits per heavy atom. The molecule has 0 saturated carbocycles. The van der Waals surface area contributed by atoms with Crippen molar-refractivity contribution in [3.05, 3.63) is 23.0 Å². The second kappa shape index (κ2) is 6.14. The van der Waals surface area contributed by atoms with Crippen molar-refractivity contribution >= 4 is 17.5 Å². The fraction of sp³-hybridized carbons (Fsp3) is 0.615. The third-order valence-electron chi connectivity index (χ3n) is 3.45. The minimum atomic E-state index is 0.182. The van der Waals surface area contributed by atoms with Crippen LogP contribution < -0.4 is 0 Å². The first-order valence-corrected chi connectivity index (χ1v) is 6.80. The molecule has 1 atom stereocenters. The Kier molecular flexibility index (Phi) is 4.53. The number of amides is 1. The van der Waals surface area contributed by atoms with E-state index in [1.807, 2.05) is 11.0 Å². The Bertz CT molecular complexity index is 407. The van der Waals surface area contributed by atoms with Crippen LogP contribution in [0.2, 0.25) is 5.15 Å². The Labute approximate surface area is 112 Å². The van der Waals surface area contributed by atoms with E-state index >= 15 is 0 Å². The van der Waals surface area contributed by atoms with Gasteiger partial charge < -0.3 is 4.90 Å². The lowest BCUT2D eigenvalue weighted by atomic mass is 9.97. The molecule has 98 valence electrons. The fourth-order valence-corrected chi connectivity index (χ4v) is 2.61. The molecule has 1 aliphatic heterocycles. The van der Waals surface area contributed by atoms with E-state index in [1.165, 1.54) is 6.42 Å². The average Bonchev–Trinajstić information content (AvgIpc) is 2.38. The molecule has 0 aromatic carbocycles. The lowest BCUT2D eigenvalue weighted by Gasteiger charge is -2.35. The number of halogens is 1. The van der Waals surface area contributed by atoms with Gasteiger partial charge in [0.05, 0.1) is 5.69 Å². The van der Waals surface area contributed by atoms with E-state index in [0.29, 0.717) is 11.2 Å². The number of hydrogen-bond acceptors (Lipinski definition) is 3. The van der Waals surface area contributed by atoms with Crippen LogP contribution in [0.1, 0.15) is 38.3 Å². The minimum absolute atomic E-state index is 0.182. The third-order valence-corrected chi connectivity index (χ3v) is 3.65. The summed E-state index contributed by atoms with van der Waals surface area (Å²) in [6.45, 7) is 2.55. The van der Waals surface area contributed by atoms with Crippen molar-refractivity contribution < 1.29 is 4.79 Å². The van der Waals surface area contributed by atoms with Crippen molar-refractivity contribution in [1.82, 2.24) is 15.1 Å². The van der Waals surface area contributed by atoms with Gasteiger partial charge >= 0.3 is 0 Å². The number of aromatic nitrogens is 2. The summed E-state index contributed by atoms with van der Waals surface area (Å²) in [5.74, 6) is 0.182. The monoisotopic (exact) mass is 267 g/mol. The number of piperidine rings is 1. The van der Waals surface area contributed by atoms with Crippen molar-refractivity contribution in [3.8, 4) is 0 Å². The largest absolute Gasteiger partial charge is 0.340 e. The van der Waals surface area contributed by atoms with Gasteiger partial charge in [-0.3, -0.25) is 4.79 Å². The van der Waals surface area contributed by atoms with Crippen molar-refractivity contribution in [1.29, 1.82) is 0 Å². The molecule has 0 aliphatic carbocycles. The van der Waals surface area contributed by atoms with Gasteiger partial charge in [-0.15, -0.1) is 5.10 Å². The van der Waals surface area contributed by atoms with Gasteiger partial charge in [0.2, 0.25) is 5.91 Å². The molecule has 0 N–H and O–H groups in total. The van der Waals surface area contributed by atoms with E-state index in [4.69, 9.17) is 11.6 Å². The quantitative estimate of drug-likeness (QED) is 0.845. The molecule has 0 radical (unpaired) electrons. The number of likely N-dealkylation sites (tertiary alicyclic amines) is 1. The summed E-state index contributed by atoms with van der Waals surface area (Å²) in [5, 5.41) is 8.30. The van der Waals surface area contributed by atoms with E-state index in [0.717, 1.165) is 37.9 Å². The van der Waals surface area contributed by atoms with Crippen molar-refractivity contribution in [2.75, 3.05) is 6.54 Å². The molecule has 5 heteroatoms. The zero-order chi connectivity index (χ0) is 13.0. The van der Waals surface area contributed by atoms with Crippen LogP contribution in [0.3, 0.4) is 0 Å². The van der Waals surface area contributed by atoms with E-state index in [-0.39, 0.29) is 5.91 Å².